The third-order valence-electron chi connectivity index (χ3n) is 4.52. The molecule has 1 aliphatic rings. The van der Waals surface area contributed by atoms with Gasteiger partial charge in [0.1, 0.15) is 0 Å². The predicted octanol–water partition coefficient (Wildman–Crippen LogP) is 0.805. The highest BCUT2D eigenvalue weighted by Crippen LogP contribution is 2.20. The highest BCUT2D eigenvalue weighted by Gasteiger charge is 2.28. The summed E-state index contributed by atoms with van der Waals surface area (Å²) in [6.07, 6.45) is -0.289. The maximum absolute atomic E-state index is 12.8. The minimum absolute atomic E-state index is 0.153. The molecule has 3 N–H and O–H groups in total. The normalized spacial score (nSPS) is 16.1. The van der Waals surface area contributed by atoms with E-state index in [1.165, 1.54) is 4.31 Å². The number of aryl methyl sites for hydroxylation is 2. The monoisotopic (exact) mass is 398 g/mol. The van der Waals surface area contributed by atoms with E-state index in [0.29, 0.717) is 44.0 Å². The van der Waals surface area contributed by atoms with Crippen molar-refractivity contribution in [1.29, 1.82) is 0 Å². The summed E-state index contributed by atoms with van der Waals surface area (Å²) in [5, 5.41) is 1.82. The van der Waals surface area contributed by atoms with Gasteiger partial charge in [0.05, 0.1) is 11.5 Å². The van der Waals surface area contributed by atoms with E-state index in [2.05, 4.69) is 4.90 Å². The number of hydrogen-bond donors (Lipinski definition) is 2. The summed E-state index contributed by atoms with van der Waals surface area (Å²) in [6, 6.07) is 4.23. The van der Waals surface area contributed by atoms with Gasteiger partial charge in [-0.3, -0.25) is 0 Å². The number of ether oxygens (including phenoxy) is 1. The Kier molecular flexibility index (Phi) is 7.17. The van der Waals surface area contributed by atoms with E-state index >= 15 is 0 Å². The Morgan fingerprint density at radius 2 is 1.81 bits per heavy atom. The van der Waals surface area contributed by atoms with Gasteiger partial charge >= 0.3 is 12.1 Å². The van der Waals surface area contributed by atoms with E-state index in [-0.39, 0.29) is 6.61 Å². The van der Waals surface area contributed by atoms with Crippen molar-refractivity contribution in [3.05, 3.63) is 29.3 Å². The molecule has 0 spiro atoms. The molecule has 0 radical (unpaired) electrons. The van der Waals surface area contributed by atoms with E-state index in [0.717, 1.165) is 11.1 Å². The van der Waals surface area contributed by atoms with Gasteiger partial charge in [-0.1, -0.05) is 6.07 Å². The van der Waals surface area contributed by atoms with Gasteiger partial charge in [-0.15, -0.1) is 0 Å². The maximum atomic E-state index is 12.8. The number of nitrogens with zero attached hydrogens (tertiary/aromatic N) is 2. The van der Waals surface area contributed by atoms with Crippen molar-refractivity contribution in [2.75, 3.05) is 39.3 Å². The van der Waals surface area contributed by atoms with Gasteiger partial charge in [-0.05, 0) is 43.5 Å². The first-order chi connectivity index (χ1) is 12.7. The van der Waals surface area contributed by atoms with Crippen LogP contribution in [-0.2, 0) is 14.8 Å². The van der Waals surface area contributed by atoms with Gasteiger partial charge in [-0.25, -0.2) is 23.3 Å². The van der Waals surface area contributed by atoms with Gasteiger partial charge in [0.15, 0.2) is 0 Å². The Hall–Kier alpha value is -2.17. The van der Waals surface area contributed by atoms with E-state index in [9.17, 15) is 18.0 Å². The summed E-state index contributed by atoms with van der Waals surface area (Å²) < 4.78 is 31.9. The quantitative estimate of drug-likeness (QED) is 0.684. The fourth-order valence-corrected chi connectivity index (χ4v) is 4.31. The summed E-state index contributed by atoms with van der Waals surface area (Å²) in [7, 11) is -3.49. The van der Waals surface area contributed by atoms with Crippen LogP contribution in [0.5, 0.6) is 0 Å². The average Bonchev–Trinajstić information content (AvgIpc) is 2.61. The van der Waals surface area contributed by atoms with Crippen molar-refractivity contribution >= 4 is 22.1 Å². The summed E-state index contributed by atoms with van der Waals surface area (Å²) in [6.45, 7) is 6.72. The zero-order valence-electron chi connectivity index (χ0n) is 15.6. The summed E-state index contributed by atoms with van der Waals surface area (Å²) in [4.78, 5) is 24.0. The zero-order valence-corrected chi connectivity index (χ0v) is 16.4. The van der Waals surface area contributed by atoms with Crippen molar-refractivity contribution in [2.45, 2.75) is 25.2 Å². The minimum Gasteiger partial charge on any atom is -0.449 e. The summed E-state index contributed by atoms with van der Waals surface area (Å²) >= 11 is 0. The SMILES string of the molecule is Cc1ccc(S(=O)(=O)N2CCN(CCCOC(=O)NC(N)=O)CC2)cc1C. The van der Waals surface area contributed by atoms with Gasteiger partial charge in [0.25, 0.3) is 0 Å². The second kappa shape index (κ2) is 9.16. The average molecular weight is 398 g/mol. The van der Waals surface area contributed by atoms with Crippen LogP contribution in [0.3, 0.4) is 0 Å². The number of primary amides is 1. The highest BCUT2D eigenvalue weighted by atomic mass is 32.2. The lowest BCUT2D eigenvalue weighted by Crippen LogP contribution is -2.48. The molecular formula is C17H26N4O5S. The first kappa shape index (κ1) is 21.1. The largest absolute Gasteiger partial charge is 0.449 e. The topological polar surface area (TPSA) is 122 Å². The number of imide groups is 1. The molecule has 0 unspecified atom stereocenters. The van der Waals surface area contributed by atoms with Gasteiger partial charge in [-0.2, -0.15) is 4.31 Å². The lowest BCUT2D eigenvalue weighted by Gasteiger charge is -2.34. The van der Waals surface area contributed by atoms with Crippen LogP contribution in [0.4, 0.5) is 9.59 Å². The Morgan fingerprint density at radius 1 is 1.15 bits per heavy atom. The fraction of sp³-hybridized carbons (Fsp3) is 0.529. The van der Waals surface area contributed by atoms with Crippen molar-refractivity contribution in [3.63, 3.8) is 0 Å². The standard InChI is InChI=1S/C17H26N4O5S/c1-13-4-5-15(12-14(13)2)27(24,25)21-9-7-20(8-10-21)6-3-11-26-17(23)19-16(18)22/h4-5,12H,3,6-11H2,1-2H3,(H3,18,19,22,23). The Labute approximate surface area is 159 Å². The van der Waals surface area contributed by atoms with Crippen LogP contribution in [0.1, 0.15) is 17.5 Å². The zero-order chi connectivity index (χ0) is 20.0. The number of nitrogens with two attached hydrogens (primary N) is 1. The number of carbonyl (C=O) groups excluding carboxylic acids is 2. The first-order valence-electron chi connectivity index (χ1n) is 8.73. The molecule has 0 aliphatic carbocycles. The van der Waals surface area contributed by atoms with Crippen LogP contribution in [0, 0.1) is 13.8 Å². The Morgan fingerprint density at radius 3 is 2.41 bits per heavy atom. The third kappa shape index (κ3) is 5.91. The van der Waals surface area contributed by atoms with E-state index in [4.69, 9.17) is 10.5 Å². The lowest BCUT2D eigenvalue weighted by molar-refractivity contribution is 0.132. The van der Waals surface area contributed by atoms with Crippen molar-refractivity contribution in [1.82, 2.24) is 14.5 Å². The molecule has 1 heterocycles. The number of sulfonamides is 1. The molecule has 1 aromatic rings. The second-order valence-corrected chi connectivity index (χ2v) is 8.41. The number of amides is 3. The fourth-order valence-electron chi connectivity index (χ4n) is 2.81. The van der Waals surface area contributed by atoms with Gasteiger partial charge < -0.3 is 15.4 Å². The number of alkyl carbamates (subject to hydrolysis) is 1. The van der Waals surface area contributed by atoms with Crippen LogP contribution in [0.15, 0.2) is 23.1 Å². The molecule has 27 heavy (non-hydrogen) atoms. The van der Waals surface area contributed by atoms with Crippen LogP contribution in [0.25, 0.3) is 0 Å². The van der Waals surface area contributed by atoms with E-state index in [1.54, 1.807) is 12.1 Å². The Balaban J connectivity index is 1.78. The van der Waals surface area contributed by atoms with Crippen molar-refractivity contribution < 1.29 is 22.7 Å². The molecule has 3 amide bonds. The van der Waals surface area contributed by atoms with Crippen LogP contribution in [-0.4, -0.2) is 69.1 Å². The van der Waals surface area contributed by atoms with E-state index < -0.39 is 22.1 Å². The molecule has 0 atom stereocenters. The molecule has 2 rings (SSSR count). The molecule has 1 fully saturated rings. The first-order valence-corrected chi connectivity index (χ1v) is 10.2. The molecule has 150 valence electrons. The summed E-state index contributed by atoms with van der Waals surface area (Å²) in [5.41, 5.74) is 6.82. The highest BCUT2D eigenvalue weighted by molar-refractivity contribution is 7.89. The molecule has 1 aromatic carbocycles. The number of piperazine rings is 1. The molecule has 9 nitrogen and oxygen atoms in total. The van der Waals surface area contributed by atoms with Crippen molar-refractivity contribution in [3.8, 4) is 0 Å². The molecule has 10 heteroatoms. The molecule has 1 saturated heterocycles. The van der Waals surface area contributed by atoms with Crippen LogP contribution < -0.4 is 11.1 Å². The van der Waals surface area contributed by atoms with Crippen LogP contribution in [0.2, 0.25) is 0 Å². The molecule has 0 aromatic heterocycles. The minimum atomic E-state index is -3.49. The van der Waals surface area contributed by atoms with Gasteiger partial charge in [0, 0.05) is 32.7 Å². The smallest absolute Gasteiger partial charge is 0.415 e. The number of nitrogens with one attached hydrogen (secondary N) is 1. The van der Waals surface area contributed by atoms with Crippen molar-refractivity contribution in [2.24, 2.45) is 5.73 Å². The maximum Gasteiger partial charge on any atom is 0.415 e. The predicted molar refractivity (Wildman–Crippen MR) is 99.8 cm³/mol. The Bertz CT molecular complexity index is 789. The third-order valence-corrected chi connectivity index (χ3v) is 6.42. The van der Waals surface area contributed by atoms with Gasteiger partial charge in [0.2, 0.25) is 10.0 Å². The lowest BCUT2D eigenvalue weighted by atomic mass is 10.1. The summed E-state index contributed by atoms with van der Waals surface area (Å²) in [5.74, 6) is 0. The molecular weight excluding hydrogens is 372 g/mol. The van der Waals surface area contributed by atoms with E-state index in [1.807, 2.05) is 25.2 Å². The number of benzene rings is 1. The van der Waals surface area contributed by atoms with Crippen LogP contribution >= 0.6 is 0 Å². The molecule has 0 saturated carbocycles. The number of carbonyl (C=O) groups is 2. The molecule has 0 bridgehead atoms. The second-order valence-electron chi connectivity index (χ2n) is 6.47. The number of urea groups is 1. The molecule has 1 aliphatic heterocycles. The number of hydrogen-bond acceptors (Lipinski definition) is 6. The number of rotatable bonds is 6.